The van der Waals surface area contributed by atoms with Crippen LogP contribution in [0.25, 0.3) is 0 Å². The summed E-state index contributed by atoms with van der Waals surface area (Å²) in [4.78, 5) is 2.10. The number of halogens is 1. The lowest BCUT2D eigenvalue weighted by Crippen LogP contribution is -2.41. The highest BCUT2D eigenvalue weighted by molar-refractivity contribution is 8.00. The van der Waals surface area contributed by atoms with Crippen LogP contribution in [0.4, 0.5) is 10.1 Å². The van der Waals surface area contributed by atoms with Crippen LogP contribution >= 0.6 is 11.8 Å². The number of nitrogens with two attached hydrogens (primary N) is 1. The normalized spacial score (nSPS) is 24.6. The predicted molar refractivity (Wildman–Crippen MR) is 77.6 cm³/mol. The van der Waals surface area contributed by atoms with Gasteiger partial charge in [-0.05, 0) is 12.1 Å². The van der Waals surface area contributed by atoms with E-state index in [1.165, 1.54) is 6.07 Å². The van der Waals surface area contributed by atoms with Gasteiger partial charge in [-0.15, -0.1) is 0 Å². The summed E-state index contributed by atoms with van der Waals surface area (Å²) < 4.78 is 13.9. The Morgan fingerprint density at radius 1 is 1.42 bits per heavy atom. The molecule has 1 fully saturated rings. The molecule has 1 aliphatic heterocycles. The van der Waals surface area contributed by atoms with Crippen molar-refractivity contribution in [3.8, 4) is 0 Å². The number of anilines is 1. The zero-order chi connectivity index (χ0) is 14.0. The van der Waals surface area contributed by atoms with Crippen molar-refractivity contribution < 1.29 is 9.60 Å². The first-order valence-corrected chi connectivity index (χ1v) is 7.14. The molecule has 2 unspecified atom stereocenters. The zero-order valence-electron chi connectivity index (χ0n) is 11.0. The highest BCUT2D eigenvalue weighted by atomic mass is 32.2. The van der Waals surface area contributed by atoms with Crippen molar-refractivity contribution in [2.24, 2.45) is 10.9 Å². The van der Waals surface area contributed by atoms with E-state index in [-0.39, 0.29) is 11.4 Å². The average molecular weight is 283 g/mol. The van der Waals surface area contributed by atoms with Crippen molar-refractivity contribution in [2.45, 2.75) is 24.3 Å². The van der Waals surface area contributed by atoms with E-state index in [9.17, 15) is 4.39 Å². The molecular formula is C13H18FN3OS. The minimum atomic E-state index is -0.466. The fraction of sp³-hybridized carbons (Fsp3) is 0.462. The molecule has 104 valence electrons. The van der Waals surface area contributed by atoms with Crippen molar-refractivity contribution in [2.75, 3.05) is 18.0 Å². The standard InChI is InChI=1S/C13H18FN3OS/c1-8-6-17(7-9(2)19-8)11-5-3-4-10(14)12(11)13(15)16-18/h3-5,8-9,18H,6-7H2,1-2H3,(H2,15,16). The zero-order valence-corrected chi connectivity index (χ0v) is 11.8. The van der Waals surface area contributed by atoms with Gasteiger partial charge >= 0.3 is 0 Å². The Hall–Kier alpha value is -1.43. The van der Waals surface area contributed by atoms with E-state index in [0.29, 0.717) is 16.2 Å². The van der Waals surface area contributed by atoms with E-state index in [2.05, 4.69) is 23.9 Å². The van der Waals surface area contributed by atoms with Gasteiger partial charge in [0.05, 0.1) is 11.3 Å². The van der Waals surface area contributed by atoms with Crippen molar-refractivity contribution in [3.05, 3.63) is 29.6 Å². The summed E-state index contributed by atoms with van der Waals surface area (Å²) in [6, 6.07) is 4.78. The van der Waals surface area contributed by atoms with E-state index in [4.69, 9.17) is 10.9 Å². The van der Waals surface area contributed by atoms with E-state index in [1.54, 1.807) is 6.07 Å². The van der Waals surface area contributed by atoms with Gasteiger partial charge in [0.1, 0.15) is 5.82 Å². The number of amidine groups is 1. The molecule has 0 aliphatic carbocycles. The second-order valence-electron chi connectivity index (χ2n) is 4.78. The summed E-state index contributed by atoms with van der Waals surface area (Å²) in [5.74, 6) is -0.655. The van der Waals surface area contributed by atoms with Gasteiger partial charge in [0.25, 0.3) is 0 Å². The number of thioether (sulfide) groups is 1. The van der Waals surface area contributed by atoms with Gasteiger partial charge in [-0.2, -0.15) is 11.8 Å². The molecule has 0 aromatic heterocycles. The average Bonchev–Trinajstić information content (AvgIpc) is 2.36. The summed E-state index contributed by atoms with van der Waals surface area (Å²) in [6.07, 6.45) is 0. The quantitative estimate of drug-likeness (QED) is 0.378. The number of oxime groups is 1. The molecule has 1 saturated heterocycles. The monoisotopic (exact) mass is 283 g/mol. The van der Waals surface area contributed by atoms with Crippen LogP contribution in [0.5, 0.6) is 0 Å². The van der Waals surface area contributed by atoms with Crippen molar-refractivity contribution in [1.82, 2.24) is 0 Å². The SMILES string of the molecule is CC1CN(c2cccc(F)c2C(N)=NO)CC(C)S1. The number of rotatable bonds is 2. The summed E-state index contributed by atoms with van der Waals surface area (Å²) in [7, 11) is 0. The van der Waals surface area contributed by atoms with Crippen molar-refractivity contribution >= 4 is 23.3 Å². The third-order valence-electron chi connectivity index (χ3n) is 3.12. The predicted octanol–water partition coefficient (Wildman–Crippen LogP) is 2.25. The maximum Gasteiger partial charge on any atom is 0.175 e. The number of hydrogen-bond acceptors (Lipinski definition) is 4. The fourth-order valence-electron chi connectivity index (χ4n) is 2.45. The summed E-state index contributed by atoms with van der Waals surface area (Å²) >= 11 is 1.92. The highest BCUT2D eigenvalue weighted by Crippen LogP contribution is 2.31. The van der Waals surface area contributed by atoms with Crippen LogP contribution < -0.4 is 10.6 Å². The molecule has 1 aromatic rings. The molecule has 4 nitrogen and oxygen atoms in total. The molecule has 2 atom stereocenters. The Morgan fingerprint density at radius 3 is 2.63 bits per heavy atom. The first-order chi connectivity index (χ1) is 9.02. The molecular weight excluding hydrogens is 265 g/mol. The van der Waals surface area contributed by atoms with Crippen LogP contribution in [0.15, 0.2) is 23.4 Å². The van der Waals surface area contributed by atoms with Gasteiger partial charge in [-0.1, -0.05) is 25.1 Å². The lowest BCUT2D eigenvalue weighted by atomic mass is 10.1. The highest BCUT2D eigenvalue weighted by Gasteiger charge is 2.26. The van der Waals surface area contributed by atoms with E-state index in [1.807, 2.05) is 17.8 Å². The molecule has 1 heterocycles. The molecule has 0 amide bonds. The molecule has 0 bridgehead atoms. The number of benzene rings is 1. The Kier molecular flexibility index (Phi) is 4.19. The largest absolute Gasteiger partial charge is 0.409 e. The molecule has 1 aliphatic rings. The van der Waals surface area contributed by atoms with Crippen LogP contribution in [-0.2, 0) is 0 Å². The smallest absolute Gasteiger partial charge is 0.175 e. The second-order valence-corrected chi connectivity index (χ2v) is 6.66. The molecule has 19 heavy (non-hydrogen) atoms. The summed E-state index contributed by atoms with van der Waals surface area (Å²) in [5.41, 5.74) is 6.47. The van der Waals surface area contributed by atoms with Gasteiger partial charge in [-0.3, -0.25) is 0 Å². The molecule has 3 N–H and O–H groups in total. The molecule has 0 radical (unpaired) electrons. The maximum atomic E-state index is 13.9. The number of nitrogens with zero attached hydrogens (tertiary/aromatic N) is 2. The van der Waals surface area contributed by atoms with Gasteiger partial charge < -0.3 is 15.8 Å². The van der Waals surface area contributed by atoms with E-state index in [0.717, 1.165) is 13.1 Å². The van der Waals surface area contributed by atoms with Crippen LogP contribution in [0.2, 0.25) is 0 Å². The third kappa shape index (κ3) is 2.94. The second kappa shape index (κ2) is 5.69. The van der Waals surface area contributed by atoms with Gasteiger partial charge in [0.2, 0.25) is 0 Å². The maximum absolute atomic E-state index is 13.9. The third-order valence-corrected chi connectivity index (χ3v) is 4.34. The van der Waals surface area contributed by atoms with E-state index < -0.39 is 5.82 Å². The first-order valence-electron chi connectivity index (χ1n) is 6.19. The topological polar surface area (TPSA) is 61.8 Å². The lowest BCUT2D eigenvalue weighted by Gasteiger charge is -2.37. The Bertz CT molecular complexity index is 485. The molecule has 6 heteroatoms. The van der Waals surface area contributed by atoms with Crippen LogP contribution in [0, 0.1) is 5.82 Å². The number of hydrogen-bond donors (Lipinski definition) is 2. The summed E-state index contributed by atoms with van der Waals surface area (Å²) in [6.45, 7) is 5.94. The molecule has 0 spiro atoms. The van der Waals surface area contributed by atoms with E-state index >= 15 is 0 Å². The molecule has 2 rings (SSSR count). The minimum Gasteiger partial charge on any atom is -0.409 e. The Morgan fingerprint density at radius 2 is 2.05 bits per heavy atom. The van der Waals surface area contributed by atoms with Gasteiger partial charge in [0, 0.05) is 23.6 Å². The summed E-state index contributed by atoms with van der Waals surface area (Å²) in [5, 5.41) is 12.7. The van der Waals surface area contributed by atoms with Crippen LogP contribution in [-0.4, -0.2) is 34.6 Å². The lowest BCUT2D eigenvalue weighted by molar-refractivity contribution is 0.318. The first kappa shape index (κ1) is 14.0. The van der Waals surface area contributed by atoms with Crippen molar-refractivity contribution in [1.29, 1.82) is 0 Å². The van der Waals surface area contributed by atoms with Gasteiger partial charge in [-0.25, -0.2) is 4.39 Å². The Labute approximate surface area is 116 Å². The van der Waals surface area contributed by atoms with Crippen molar-refractivity contribution in [3.63, 3.8) is 0 Å². The molecule has 0 saturated carbocycles. The fourth-order valence-corrected chi connectivity index (χ4v) is 3.78. The van der Waals surface area contributed by atoms with Crippen LogP contribution in [0.3, 0.4) is 0 Å². The minimum absolute atomic E-state index is 0.177. The Balaban J connectivity index is 2.41. The van der Waals surface area contributed by atoms with Gasteiger partial charge in [0.15, 0.2) is 5.84 Å². The van der Waals surface area contributed by atoms with Crippen LogP contribution in [0.1, 0.15) is 19.4 Å². The molecule has 1 aromatic carbocycles.